The smallest absolute Gasteiger partial charge is 0.315 e. The third-order valence-electron chi connectivity index (χ3n) is 3.44. The summed E-state index contributed by atoms with van der Waals surface area (Å²) in [5, 5.41) is 14.5. The summed E-state index contributed by atoms with van der Waals surface area (Å²) in [6.07, 6.45) is 7.88. The van der Waals surface area contributed by atoms with E-state index in [4.69, 9.17) is 4.42 Å². The van der Waals surface area contributed by atoms with E-state index in [-0.39, 0.29) is 0 Å². The molecule has 0 radical (unpaired) electrons. The largest absolute Gasteiger partial charge is 0.407 e. The Labute approximate surface area is 109 Å². The third-order valence-corrected chi connectivity index (χ3v) is 3.44. The fraction of sp³-hybridized carbons (Fsp3) is 0.846. The van der Waals surface area contributed by atoms with E-state index in [2.05, 4.69) is 27.8 Å². The second-order valence-electron chi connectivity index (χ2n) is 5.06. The first kappa shape index (κ1) is 13.3. The molecule has 0 aromatic carbocycles. The number of rotatable bonds is 7. The van der Waals surface area contributed by atoms with Crippen molar-refractivity contribution in [1.29, 1.82) is 0 Å². The molecule has 1 saturated carbocycles. The van der Waals surface area contributed by atoms with Crippen LogP contribution in [-0.2, 0) is 6.54 Å². The average Bonchev–Trinajstić information content (AvgIpc) is 2.86. The lowest BCUT2D eigenvalue weighted by atomic mass is 9.89. The summed E-state index contributed by atoms with van der Waals surface area (Å²) >= 11 is 0. The Bertz CT molecular complexity index is 333. The number of anilines is 1. The van der Waals surface area contributed by atoms with Gasteiger partial charge in [0.25, 0.3) is 0 Å². The van der Waals surface area contributed by atoms with E-state index in [0.29, 0.717) is 18.5 Å². The van der Waals surface area contributed by atoms with Crippen LogP contribution in [0, 0.1) is 5.92 Å². The monoisotopic (exact) mass is 252 g/mol. The fourth-order valence-electron chi connectivity index (χ4n) is 2.39. The van der Waals surface area contributed by atoms with E-state index < -0.39 is 0 Å². The molecule has 1 aromatic heterocycles. The minimum absolute atomic E-state index is 0.564. The van der Waals surface area contributed by atoms with Crippen molar-refractivity contribution in [2.24, 2.45) is 5.92 Å². The highest BCUT2D eigenvalue weighted by molar-refractivity contribution is 5.16. The van der Waals surface area contributed by atoms with Crippen LogP contribution in [0.4, 0.5) is 6.01 Å². The highest BCUT2D eigenvalue weighted by Crippen LogP contribution is 2.23. The fourth-order valence-corrected chi connectivity index (χ4v) is 2.39. The van der Waals surface area contributed by atoms with Gasteiger partial charge in [-0.2, -0.15) is 0 Å². The van der Waals surface area contributed by atoms with Crippen molar-refractivity contribution in [2.45, 2.75) is 52.0 Å². The summed E-state index contributed by atoms with van der Waals surface area (Å²) < 4.78 is 5.53. The Kier molecular flexibility index (Phi) is 5.45. The van der Waals surface area contributed by atoms with Crippen LogP contribution in [0.25, 0.3) is 0 Å². The van der Waals surface area contributed by atoms with Gasteiger partial charge < -0.3 is 15.1 Å². The third kappa shape index (κ3) is 4.29. The van der Waals surface area contributed by atoms with Crippen LogP contribution in [0.2, 0.25) is 0 Å². The molecule has 5 heteroatoms. The second-order valence-corrected chi connectivity index (χ2v) is 5.06. The molecule has 2 N–H and O–H groups in total. The number of nitrogens with one attached hydrogen (secondary N) is 2. The first-order valence-electron chi connectivity index (χ1n) is 7.15. The molecular formula is C13H24N4O. The molecule has 1 aromatic rings. The van der Waals surface area contributed by atoms with Gasteiger partial charge in [0.05, 0.1) is 6.54 Å². The Balaban J connectivity index is 1.69. The van der Waals surface area contributed by atoms with E-state index in [9.17, 15) is 0 Å². The van der Waals surface area contributed by atoms with Crippen LogP contribution in [0.3, 0.4) is 0 Å². The van der Waals surface area contributed by atoms with Crippen LogP contribution in [0.1, 0.15) is 51.3 Å². The zero-order valence-corrected chi connectivity index (χ0v) is 11.2. The Morgan fingerprint density at radius 1 is 1.22 bits per heavy atom. The van der Waals surface area contributed by atoms with Gasteiger partial charge in [-0.3, -0.25) is 0 Å². The van der Waals surface area contributed by atoms with Crippen molar-refractivity contribution < 1.29 is 4.42 Å². The minimum Gasteiger partial charge on any atom is -0.407 e. The van der Waals surface area contributed by atoms with E-state index in [1.807, 2.05) is 0 Å². The quantitative estimate of drug-likeness (QED) is 0.730. The Morgan fingerprint density at radius 2 is 2.06 bits per heavy atom. The number of nitrogens with zero attached hydrogens (tertiary/aromatic N) is 2. The van der Waals surface area contributed by atoms with E-state index >= 15 is 0 Å². The molecular weight excluding hydrogens is 228 g/mol. The molecule has 0 spiro atoms. The van der Waals surface area contributed by atoms with Crippen LogP contribution >= 0.6 is 0 Å². The van der Waals surface area contributed by atoms with Crippen molar-refractivity contribution in [1.82, 2.24) is 15.5 Å². The normalized spacial score (nSPS) is 16.9. The van der Waals surface area contributed by atoms with E-state index in [1.54, 1.807) is 0 Å². The second kappa shape index (κ2) is 7.36. The molecule has 0 saturated heterocycles. The number of hydrogen-bond acceptors (Lipinski definition) is 5. The summed E-state index contributed by atoms with van der Waals surface area (Å²) in [5.74, 6) is 1.43. The zero-order chi connectivity index (χ0) is 12.6. The SMILES string of the molecule is CCCNCc1nnc(NCC2CCCCC2)o1. The van der Waals surface area contributed by atoms with E-state index in [1.165, 1.54) is 32.1 Å². The molecule has 2 rings (SSSR count). The highest BCUT2D eigenvalue weighted by Gasteiger charge is 2.14. The summed E-state index contributed by atoms with van der Waals surface area (Å²) in [4.78, 5) is 0. The molecule has 102 valence electrons. The van der Waals surface area contributed by atoms with Crippen molar-refractivity contribution >= 4 is 6.01 Å². The van der Waals surface area contributed by atoms with Crippen LogP contribution in [0.15, 0.2) is 4.42 Å². The lowest BCUT2D eigenvalue weighted by Gasteiger charge is -2.20. The van der Waals surface area contributed by atoms with Crippen molar-refractivity contribution in [3.63, 3.8) is 0 Å². The van der Waals surface area contributed by atoms with Crippen LogP contribution in [0.5, 0.6) is 0 Å². The first-order chi connectivity index (χ1) is 8.88. The maximum Gasteiger partial charge on any atom is 0.315 e. The standard InChI is InChI=1S/C13H24N4O/c1-2-8-14-10-12-16-17-13(18-12)15-9-11-6-4-3-5-7-11/h11,14H,2-10H2,1H3,(H,15,17). The number of hydrogen-bond donors (Lipinski definition) is 2. The minimum atomic E-state index is 0.564. The highest BCUT2D eigenvalue weighted by atomic mass is 16.4. The summed E-state index contributed by atoms with van der Waals surface area (Å²) in [6, 6.07) is 0.564. The summed E-state index contributed by atoms with van der Waals surface area (Å²) in [5.41, 5.74) is 0. The zero-order valence-electron chi connectivity index (χ0n) is 11.2. The van der Waals surface area contributed by atoms with Gasteiger partial charge in [-0.15, -0.1) is 5.10 Å². The molecule has 0 unspecified atom stereocenters. The van der Waals surface area contributed by atoms with Gasteiger partial charge >= 0.3 is 6.01 Å². The van der Waals surface area contributed by atoms with Gasteiger partial charge in [0.2, 0.25) is 5.89 Å². The van der Waals surface area contributed by atoms with Crippen molar-refractivity contribution in [2.75, 3.05) is 18.4 Å². The van der Waals surface area contributed by atoms with Gasteiger partial charge in [-0.05, 0) is 31.7 Å². The van der Waals surface area contributed by atoms with Gasteiger partial charge in [0, 0.05) is 6.54 Å². The lowest BCUT2D eigenvalue weighted by Crippen LogP contribution is -2.17. The molecule has 18 heavy (non-hydrogen) atoms. The first-order valence-corrected chi connectivity index (χ1v) is 7.15. The molecule has 0 bridgehead atoms. The summed E-state index contributed by atoms with van der Waals surface area (Å²) in [7, 11) is 0. The Morgan fingerprint density at radius 3 is 2.83 bits per heavy atom. The van der Waals surface area contributed by atoms with Crippen molar-refractivity contribution in [3.8, 4) is 0 Å². The molecule has 5 nitrogen and oxygen atoms in total. The molecule has 1 heterocycles. The van der Waals surface area contributed by atoms with Crippen LogP contribution in [-0.4, -0.2) is 23.3 Å². The Hall–Kier alpha value is -1.10. The molecule has 0 aliphatic heterocycles. The van der Waals surface area contributed by atoms with Gasteiger partial charge in [-0.1, -0.05) is 31.3 Å². The van der Waals surface area contributed by atoms with Gasteiger partial charge in [-0.25, -0.2) is 0 Å². The molecule has 1 fully saturated rings. The van der Waals surface area contributed by atoms with Gasteiger partial charge in [0.15, 0.2) is 0 Å². The van der Waals surface area contributed by atoms with E-state index in [0.717, 1.165) is 25.4 Å². The summed E-state index contributed by atoms with van der Waals surface area (Å²) in [6.45, 7) is 4.74. The average molecular weight is 252 g/mol. The maximum atomic E-state index is 5.53. The molecule has 0 atom stereocenters. The van der Waals surface area contributed by atoms with Crippen molar-refractivity contribution in [3.05, 3.63) is 5.89 Å². The topological polar surface area (TPSA) is 63.0 Å². The predicted octanol–water partition coefficient (Wildman–Crippen LogP) is 2.56. The lowest BCUT2D eigenvalue weighted by molar-refractivity contribution is 0.369. The molecule has 0 amide bonds. The predicted molar refractivity (Wildman–Crippen MR) is 71.4 cm³/mol. The maximum absolute atomic E-state index is 5.53. The molecule has 1 aliphatic rings. The number of aromatic nitrogens is 2. The molecule has 1 aliphatic carbocycles. The van der Waals surface area contributed by atoms with Crippen LogP contribution < -0.4 is 10.6 Å². The van der Waals surface area contributed by atoms with Gasteiger partial charge in [0.1, 0.15) is 0 Å².